The molecule has 0 radical (unpaired) electrons. The molecule has 130 valence electrons. The average Bonchev–Trinajstić information content (AvgIpc) is 3.28. The van der Waals surface area contributed by atoms with E-state index in [4.69, 9.17) is 9.52 Å². The van der Waals surface area contributed by atoms with Crippen LogP contribution >= 0.6 is 0 Å². The summed E-state index contributed by atoms with van der Waals surface area (Å²) in [6.07, 6.45) is 5.20. The predicted molar refractivity (Wildman–Crippen MR) is 105 cm³/mol. The van der Waals surface area contributed by atoms with Gasteiger partial charge in [-0.1, -0.05) is 35.9 Å². The summed E-state index contributed by atoms with van der Waals surface area (Å²) >= 11 is 0. The molecular weight excluding hydrogens is 320 g/mol. The van der Waals surface area contributed by atoms with Crippen molar-refractivity contribution in [2.45, 2.75) is 32.2 Å². The molecule has 3 aromatic rings. The lowest BCUT2D eigenvalue weighted by Crippen LogP contribution is -2.25. The molecule has 0 N–H and O–H groups in total. The van der Waals surface area contributed by atoms with Crippen LogP contribution in [0.5, 0.6) is 0 Å². The van der Waals surface area contributed by atoms with Crippen LogP contribution in [0.1, 0.15) is 41.3 Å². The number of fused-ring (bicyclic) bond motifs is 3. The molecule has 1 aliphatic carbocycles. The second-order valence-corrected chi connectivity index (χ2v) is 7.28. The molecule has 26 heavy (non-hydrogen) atoms. The molecule has 0 fully saturated rings. The normalized spacial score (nSPS) is 21.7. The van der Waals surface area contributed by atoms with Gasteiger partial charge in [0.25, 0.3) is 0 Å². The molecule has 2 heterocycles. The molecule has 2 aromatic carbocycles. The van der Waals surface area contributed by atoms with Crippen molar-refractivity contribution in [3.63, 3.8) is 0 Å². The van der Waals surface area contributed by atoms with Gasteiger partial charge in [0.05, 0.1) is 17.7 Å². The van der Waals surface area contributed by atoms with E-state index in [1.165, 1.54) is 28.8 Å². The summed E-state index contributed by atoms with van der Waals surface area (Å²) in [5.74, 6) is 1.35. The summed E-state index contributed by atoms with van der Waals surface area (Å²) in [5, 5.41) is 7.31. The Morgan fingerprint density at radius 3 is 2.73 bits per heavy atom. The van der Waals surface area contributed by atoms with Gasteiger partial charge >= 0.3 is 0 Å². The van der Waals surface area contributed by atoms with Crippen LogP contribution in [0.3, 0.4) is 0 Å². The fourth-order valence-corrected chi connectivity index (χ4v) is 4.36. The smallest absolute Gasteiger partial charge is 0.129 e. The van der Waals surface area contributed by atoms with Crippen molar-refractivity contribution in [3.8, 4) is 0 Å². The summed E-state index contributed by atoms with van der Waals surface area (Å²) in [6.45, 7) is 2.16. The first kappa shape index (κ1) is 15.4. The first-order chi connectivity index (χ1) is 12.8. The minimum atomic E-state index is 0.119. The van der Waals surface area contributed by atoms with E-state index in [-0.39, 0.29) is 6.04 Å². The maximum Gasteiger partial charge on any atom is 0.129 e. The topological polar surface area (TPSA) is 28.7 Å². The highest BCUT2D eigenvalue weighted by Gasteiger charge is 2.42. The van der Waals surface area contributed by atoms with E-state index in [0.29, 0.717) is 5.92 Å². The Bertz CT molecular complexity index is 944. The summed E-state index contributed by atoms with van der Waals surface area (Å²) in [7, 11) is 0. The lowest BCUT2D eigenvalue weighted by atomic mass is 9.87. The Kier molecular flexibility index (Phi) is 3.66. The van der Waals surface area contributed by atoms with E-state index < -0.39 is 0 Å². The van der Waals surface area contributed by atoms with E-state index in [0.717, 1.165) is 24.3 Å². The number of nitrogens with zero attached hydrogens (tertiary/aromatic N) is 2. The number of hydrogen-bond acceptors (Lipinski definition) is 3. The average molecular weight is 342 g/mol. The Labute approximate surface area is 154 Å². The van der Waals surface area contributed by atoms with Gasteiger partial charge in [-0.2, -0.15) is 5.10 Å². The van der Waals surface area contributed by atoms with Crippen molar-refractivity contribution in [1.82, 2.24) is 0 Å². The minimum absolute atomic E-state index is 0.119. The standard InChI is InChI=1S/C23H22N2O/c1-16-12-13-17-7-5-10-19-22(20(17)15-16)24-25(18-8-3-2-4-9-18)23(19)21-11-6-14-26-21/h2-4,6,8-9,11-15,19,23H,5,7,10H2,1H3/t19-,23+/m1/s1. The van der Waals surface area contributed by atoms with E-state index in [1.807, 2.05) is 12.1 Å². The number of para-hydroxylation sites is 1. The quantitative estimate of drug-likeness (QED) is 0.615. The summed E-state index contributed by atoms with van der Waals surface area (Å²) in [6, 6.07) is 21.4. The van der Waals surface area contributed by atoms with Crippen LogP contribution in [0, 0.1) is 12.8 Å². The zero-order valence-electron chi connectivity index (χ0n) is 14.9. The number of rotatable bonds is 2. The SMILES string of the molecule is Cc1ccc2c(c1)C1=NN(c3ccccc3)[C@H](c3ccco3)[C@@H]1CCC2. The molecule has 0 saturated carbocycles. The number of benzene rings is 2. The van der Waals surface area contributed by atoms with Gasteiger partial charge in [-0.15, -0.1) is 0 Å². The van der Waals surface area contributed by atoms with Crippen molar-refractivity contribution in [1.29, 1.82) is 0 Å². The van der Waals surface area contributed by atoms with Gasteiger partial charge < -0.3 is 4.42 Å². The first-order valence-electron chi connectivity index (χ1n) is 9.37. The number of hydrazone groups is 1. The molecule has 3 heteroatoms. The highest BCUT2D eigenvalue weighted by Crippen LogP contribution is 2.44. The maximum absolute atomic E-state index is 5.86. The molecule has 0 amide bonds. The van der Waals surface area contributed by atoms with Crippen LogP contribution in [0.25, 0.3) is 0 Å². The Hall–Kier alpha value is -2.81. The monoisotopic (exact) mass is 342 g/mol. The number of furan rings is 1. The molecular formula is C23H22N2O. The third-order valence-corrected chi connectivity index (χ3v) is 5.57. The molecule has 1 aromatic heterocycles. The summed E-state index contributed by atoms with van der Waals surface area (Å²) < 4.78 is 5.86. The van der Waals surface area contributed by atoms with Crippen molar-refractivity contribution in [2.75, 3.05) is 5.01 Å². The maximum atomic E-state index is 5.86. The molecule has 3 nitrogen and oxygen atoms in total. The molecule has 2 atom stereocenters. The number of anilines is 1. The minimum Gasteiger partial charge on any atom is -0.467 e. The van der Waals surface area contributed by atoms with Gasteiger partial charge in [0, 0.05) is 11.5 Å². The molecule has 0 spiro atoms. The van der Waals surface area contributed by atoms with Crippen LogP contribution in [0.2, 0.25) is 0 Å². The third-order valence-electron chi connectivity index (χ3n) is 5.57. The highest BCUT2D eigenvalue weighted by molar-refractivity contribution is 6.06. The molecule has 1 aliphatic heterocycles. The van der Waals surface area contributed by atoms with Gasteiger partial charge in [0.1, 0.15) is 11.8 Å². The molecule has 0 saturated heterocycles. The van der Waals surface area contributed by atoms with Crippen molar-refractivity contribution < 1.29 is 4.42 Å². The van der Waals surface area contributed by atoms with Gasteiger partial charge in [-0.3, -0.25) is 5.01 Å². The second kappa shape index (κ2) is 6.17. The zero-order valence-corrected chi connectivity index (χ0v) is 14.9. The van der Waals surface area contributed by atoms with Crippen LogP contribution in [0.4, 0.5) is 5.69 Å². The molecule has 0 bridgehead atoms. The zero-order chi connectivity index (χ0) is 17.5. The van der Waals surface area contributed by atoms with Crippen molar-refractivity contribution in [3.05, 3.63) is 89.4 Å². The molecule has 2 aliphatic rings. The van der Waals surface area contributed by atoms with E-state index >= 15 is 0 Å². The second-order valence-electron chi connectivity index (χ2n) is 7.28. The highest BCUT2D eigenvalue weighted by atomic mass is 16.3. The van der Waals surface area contributed by atoms with Gasteiger partial charge in [0.2, 0.25) is 0 Å². The van der Waals surface area contributed by atoms with Gasteiger partial charge in [-0.05, 0) is 62.1 Å². The predicted octanol–water partition coefficient (Wildman–Crippen LogP) is 5.51. The van der Waals surface area contributed by atoms with Crippen LogP contribution in [-0.4, -0.2) is 5.71 Å². The number of hydrogen-bond donors (Lipinski definition) is 0. The molecule has 0 unspecified atom stereocenters. The van der Waals surface area contributed by atoms with E-state index in [1.54, 1.807) is 6.26 Å². The van der Waals surface area contributed by atoms with Crippen LogP contribution in [-0.2, 0) is 6.42 Å². The Morgan fingerprint density at radius 2 is 1.92 bits per heavy atom. The van der Waals surface area contributed by atoms with E-state index in [9.17, 15) is 0 Å². The fraction of sp³-hybridized carbons (Fsp3) is 0.261. The number of aryl methyl sites for hydroxylation is 2. The third kappa shape index (κ3) is 2.47. The summed E-state index contributed by atoms with van der Waals surface area (Å²) in [4.78, 5) is 0. The van der Waals surface area contributed by atoms with Crippen LogP contribution < -0.4 is 5.01 Å². The Balaban J connectivity index is 1.68. The van der Waals surface area contributed by atoms with E-state index in [2.05, 4.69) is 60.5 Å². The van der Waals surface area contributed by atoms with Crippen LogP contribution in [0.15, 0.2) is 76.4 Å². The van der Waals surface area contributed by atoms with Crippen molar-refractivity contribution in [2.24, 2.45) is 11.0 Å². The van der Waals surface area contributed by atoms with Gasteiger partial charge in [0.15, 0.2) is 0 Å². The lowest BCUT2D eigenvalue weighted by Gasteiger charge is -2.26. The largest absolute Gasteiger partial charge is 0.467 e. The van der Waals surface area contributed by atoms with Gasteiger partial charge in [-0.25, -0.2) is 0 Å². The molecule has 5 rings (SSSR count). The Morgan fingerprint density at radius 1 is 1.04 bits per heavy atom. The fourth-order valence-electron chi connectivity index (χ4n) is 4.36. The first-order valence-corrected chi connectivity index (χ1v) is 9.37. The lowest BCUT2D eigenvalue weighted by molar-refractivity contribution is 0.405. The summed E-state index contributed by atoms with van der Waals surface area (Å²) in [5.41, 5.74) is 6.36. The van der Waals surface area contributed by atoms with Crippen molar-refractivity contribution >= 4 is 11.4 Å².